The van der Waals surface area contributed by atoms with Gasteiger partial charge in [-0.1, -0.05) is 42.5 Å². The highest BCUT2D eigenvalue weighted by atomic mass is 19.3. The zero-order chi connectivity index (χ0) is 17.3. The number of benzene rings is 2. The quantitative estimate of drug-likeness (QED) is 0.839. The predicted octanol–water partition coefficient (Wildman–Crippen LogP) is 4.31. The van der Waals surface area contributed by atoms with Gasteiger partial charge in [-0.15, -0.1) is 0 Å². The topological polar surface area (TPSA) is 35.5 Å². The molecule has 2 aromatic rings. The van der Waals surface area contributed by atoms with Crippen molar-refractivity contribution in [1.29, 1.82) is 0 Å². The normalized spacial score (nSPS) is 19.8. The van der Waals surface area contributed by atoms with Crippen LogP contribution in [0.25, 0.3) is 5.76 Å². The summed E-state index contributed by atoms with van der Waals surface area (Å²) in [6.45, 7) is 0. The lowest BCUT2D eigenvalue weighted by Gasteiger charge is -2.31. The number of carbonyl (C=O) groups excluding carboxylic acids is 1. The Bertz CT molecular complexity index is 783. The van der Waals surface area contributed by atoms with Gasteiger partial charge in [0.15, 0.2) is 11.9 Å². The number of methoxy groups -OCH3 is 1. The standard InChI is InChI=1S/C18H13F3O3/c1-23-13-9-7-12(8-10-13)17-18(20,21)16(22)14(19)15(24-17)11-5-3-2-4-6-11/h2-10,17H,1H3. The first-order chi connectivity index (χ1) is 11.4. The van der Waals surface area contributed by atoms with E-state index in [-0.39, 0.29) is 11.1 Å². The number of hydrogen-bond acceptors (Lipinski definition) is 3. The number of ether oxygens (including phenoxy) is 2. The number of halogens is 3. The van der Waals surface area contributed by atoms with E-state index in [0.29, 0.717) is 5.75 Å². The summed E-state index contributed by atoms with van der Waals surface area (Å²) in [7, 11) is 1.44. The third-order valence-corrected chi connectivity index (χ3v) is 3.72. The number of ketones is 1. The molecule has 0 aromatic heterocycles. The summed E-state index contributed by atoms with van der Waals surface area (Å²) in [5, 5.41) is 0. The van der Waals surface area contributed by atoms with Gasteiger partial charge in [-0.3, -0.25) is 4.79 Å². The average molecular weight is 334 g/mol. The van der Waals surface area contributed by atoms with Crippen molar-refractivity contribution in [3.63, 3.8) is 0 Å². The lowest BCUT2D eigenvalue weighted by molar-refractivity contribution is -0.163. The van der Waals surface area contributed by atoms with Crippen LogP contribution in [0.1, 0.15) is 17.2 Å². The minimum atomic E-state index is -4.00. The number of Topliss-reactive ketones (excluding diaryl/α,β-unsaturated/α-hetero) is 1. The maximum absolute atomic E-state index is 14.3. The Morgan fingerprint density at radius 3 is 2.25 bits per heavy atom. The average Bonchev–Trinajstić information content (AvgIpc) is 2.61. The highest BCUT2D eigenvalue weighted by molar-refractivity contribution is 6.05. The molecule has 2 aromatic carbocycles. The van der Waals surface area contributed by atoms with Crippen LogP contribution in [0.15, 0.2) is 60.4 Å². The Morgan fingerprint density at radius 2 is 1.67 bits per heavy atom. The predicted molar refractivity (Wildman–Crippen MR) is 81.2 cm³/mol. The molecule has 1 aliphatic rings. The van der Waals surface area contributed by atoms with Crippen molar-refractivity contribution in [1.82, 2.24) is 0 Å². The van der Waals surface area contributed by atoms with E-state index in [9.17, 15) is 18.0 Å². The molecular weight excluding hydrogens is 321 g/mol. The van der Waals surface area contributed by atoms with Crippen molar-refractivity contribution < 1.29 is 27.4 Å². The van der Waals surface area contributed by atoms with E-state index >= 15 is 0 Å². The van der Waals surface area contributed by atoms with E-state index in [1.54, 1.807) is 18.2 Å². The molecule has 124 valence electrons. The molecule has 24 heavy (non-hydrogen) atoms. The fourth-order valence-electron chi connectivity index (χ4n) is 2.45. The molecule has 0 saturated carbocycles. The highest BCUT2D eigenvalue weighted by Gasteiger charge is 2.56. The monoisotopic (exact) mass is 334 g/mol. The van der Waals surface area contributed by atoms with Gasteiger partial charge in [0.2, 0.25) is 5.83 Å². The lowest BCUT2D eigenvalue weighted by atomic mass is 9.95. The second-order valence-corrected chi connectivity index (χ2v) is 5.23. The van der Waals surface area contributed by atoms with E-state index < -0.39 is 29.4 Å². The highest BCUT2D eigenvalue weighted by Crippen LogP contribution is 2.46. The van der Waals surface area contributed by atoms with E-state index in [4.69, 9.17) is 9.47 Å². The molecule has 0 radical (unpaired) electrons. The van der Waals surface area contributed by atoms with Crippen LogP contribution >= 0.6 is 0 Å². The Kier molecular flexibility index (Phi) is 4.05. The smallest absolute Gasteiger partial charge is 0.352 e. The molecule has 3 rings (SSSR count). The molecule has 0 N–H and O–H groups in total. The van der Waals surface area contributed by atoms with Crippen molar-refractivity contribution in [2.45, 2.75) is 12.0 Å². The Balaban J connectivity index is 2.05. The van der Waals surface area contributed by atoms with Crippen LogP contribution in [-0.4, -0.2) is 18.8 Å². The molecule has 0 spiro atoms. The zero-order valence-electron chi connectivity index (χ0n) is 12.6. The number of alkyl halides is 2. The lowest BCUT2D eigenvalue weighted by Crippen LogP contribution is -2.41. The van der Waals surface area contributed by atoms with E-state index in [1.165, 1.54) is 43.5 Å². The molecule has 6 heteroatoms. The molecule has 3 nitrogen and oxygen atoms in total. The number of allylic oxidation sites excluding steroid dienone is 1. The van der Waals surface area contributed by atoms with Gasteiger partial charge in [0.1, 0.15) is 5.75 Å². The largest absolute Gasteiger partial charge is 0.497 e. The number of carbonyl (C=O) groups is 1. The van der Waals surface area contributed by atoms with Crippen LogP contribution in [0.5, 0.6) is 5.75 Å². The molecule has 0 aliphatic carbocycles. The summed E-state index contributed by atoms with van der Waals surface area (Å²) in [6, 6.07) is 13.5. The van der Waals surface area contributed by atoms with Crippen LogP contribution in [0.4, 0.5) is 13.2 Å². The fourth-order valence-corrected chi connectivity index (χ4v) is 2.45. The van der Waals surface area contributed by atoms with Crippen LogP contribution < -0.4 is 4.74 Å². The number of rotatable bonds is 3. The molecule has 0 saturated heterocycles. The number of hydrogen-bond donors (Lipinski definition) is 0. The summed E-state index contributed by atoms with van der Waals surface area (Å²) in [6.07, 6.45) is -1.91. The fraction of sp³-hybridized carbons (Fsp3) is 0.167. The first kappa shape index (κ1) is 16.1. The van der Waals surface area contributed by atoms with Gasteiger partial charge in [-0.25, -0.2) is 0 Å². The van der Waals surface area contributed by atoms with Crippen LogP contribution in [0.2, 0.25) is 0 Å². The van der Waals surface area contributed by atoms with Crippen molar-refractivity contribution in [3.8, 4) is 5.75 Å². The summed E-state index contributed by atoms with van der Waals surface area (Å²) in [5.41, 5.74) is 0.271. The Morgan fingerprint density at radius 1 is 1.04 bits per heavy atom. The van der Waals surface area contributed by atoms with Gasteiger partial charge in [-0.05, 0) is 17.7 Å². The minimum Gasteiger partial charge on any atom is -0.497 e. The van der Waals surface area contributed by atoms with E-state index in [1.807, 2.05) is 0 Å². The van der Waals surface area contributed by atoms with Crippen molar-refractivity contribution >= 4 is 11.5 Å². The van der Waals surface area contributed by atoms with Gasteiger partial charge >= 0.3 is 5.92 Å². The maximum atomic E-state index is 14.3. The van der Waals surface area contributed by atoms with Crippen LogP contribution in [-0.2, 0) is 9.53 Å². The van der Waals surface area contributed by atoms with Crippen LogP contribution in [0.3, 0.4) is 0 Å². The summed E-state index contributed by atoms with van der Waals surface area (Å²) < 4.78 is 52.9. The zero-order valence-corrected chi connectivity index (χ0v) is 12.6. The summed E-state index contributed by atoms with van der Waals surface area (Å²) >= 11 is 0. The molecule has 0 fully saturated rings. The summed E-state index contributed by atoms with van der Waals surface area (Å²) in [4.78, 5) is 11.8. The first-order valence-corrected chi connectivity index (χ1v) is 7.13. The van der Waals surface area contributed by atoms with Gasteiger partial charge in [-0.2, -0.15) is 13.2 Å². The summed E-state index contributed by atoms with van der Waals surface area (Å²) in [5.74, 6) is -7.47. The third kappa shape index (κ3) is 2.64. The van der Waals surface area contributed by atoms with E-state index in [2.05, 4.69) is 0 Å². The second-order valence-electron chi connectivity index (χ2n) is 5.23. The van der Waals surface area contributed by atoms with Crippen LogP contribution in [0, 0.1) is 0 Å². The minimum absolute atomic E-state index is 0.0510. The maximum Gasteiger partial charge on any atom is 0.352 e. The van der Waals surface area contributed by atoms with Gasteiger partial charge in [0, 0.05) is 5.56 Å². The van der Waals surface area contributed by atoms with E-state index in [0.717, 1.165) is 0 Å². The second kappa shape index (κ2) is 6.03. The van der Waals surface area contributed by atoms with Crippen molar-refractivity contribution in [2.24, 2.45) is 0 Å². The Hall–Kier alpha value is -2.76. The molecule has 0 bridgehead atoms. The van der Waals surface area contributed by atoms with Crippen molar-refractivity contribution in [2.75, 3.05) is 7.11 Å². The molecule has 1 unspecified atom stereocenters. The molecule has 1 aliphatic heterocycles. The van der Waals surface area contributed by atoms with Gasteiger partial charge in [0.25, 0.3) is 5.78 Å². The molecule has 0 amide bonds. The van der Waals surface area contributed by atoms with Gasteiger partial charge < -0.3 is 9.47 Å². The Labute approximate surface area is 136 Å². The molecule has 1 heterocycles. The molecular formula is C18H13F3O3. The SMILES string of the molecule is COc1ccc(C2OC(c3ccccc3)=C(F)C(=O)C2(F)F)cc1. The van der Waals surface area contributed by atoms with Crippen molar-refractivity contribution in [3.05, 3.63) is 71.6 Å². The molecule has 1 atom stereocenters. The van der Waals surface area contributed by atoms with Gasteiger partial charge in [0.05, 0.1) is 7.11 Å². The first-order valence-electron chi connectivity index (χ1n) is 7.13. The third-order valence-electron chi connectivity index (χ3n) is 3.72.